The molecule has 3 atom stereocenters. The highest BCUT2D eigenvalue weighted by Crippen LogP contribution is 2.02. The van der Waals surface area contributed by atoms with E-state index in [1.54, 1.807) is 0 Å². The van der Waals surface area contributed by atoms with Crippen molar-refractivity contribution in [2.75, 3.05) is 6.61 Å². The minimum absolute atomic E-state index is 0.748. The number of halogens is 1. The van der Waals surface area contributed by atoms with Gasteiger partial charge in [-0.15, -0.1) is 0 Å². The van der Waals surface area contributed by atoms with Gasteiger partial charge in [0.05, 0.1) is 6.61 Å². The molecule has 0 aromatic heterocycles. The maximum atomic E-state index is 10.2. The predicted octanol–water partition coefficient (Wildman–Crippen LogP) is -1.00. The molecule has 0 saturated heterocycles. The number of hydrogen-bond donors (Lipinski definition) is 5. The Hall–Kier alpha value is -1.18. The Balaban J connectivity index is 0.000000351. The molecule has 3 unspecified atom stereocenters. The van der Waals surface area contributed by atoms with E-state index in [0.29, 0.717) is 0 Å². The standard InChI is InChI=1S/C6H7N.C5H9ClO5/c1-2-4-6-7-5-3-1;6-5(11)4(10)3(9)2(8)1-7/h1-7H;2-4,7-10H,1H2. The summed E-state index contributed by atoms with van der Waals surface area (Å²) >= 11 is 4.78. The molecule has 1 heterocycles. The summed E-state index contributed by atoms with van der Waals surface area (Å²) in [6.45, 7) is -0.748. The average Bonchev–Trinajstić information content (AvgIpc) is 2.68. The predicted molar refractivity (Wildman–Crippen MR) is 66.5 cm³/mol. The Labute approximate surface area is 110 Å². The van der Waals surface area contributed by atoms with E-state index in [1.807, 2.05) is 36.7 Å². The first-order valence-electron chi connectivity index (χ1n) is 5.09. The van der Waals surface area contributed by atoms with Crippen LogP contribution in [-0.4, -0.2) is 50.6 Å². The molecule has 1 rings (SSSR count). The number of hydrogen-bond acceptors (Lipinski definition) is 6. The van der Waals surface area contributed by atoms with E-state index in [4.69, 9.17) is 32.0 Å². The topological polar surface area (TPSA) is 110 Å². The first-order chi connectivity index (χ1) is 8.50. The van der Waals surface area contributed by atoms with Gasteiger partial charge in [0.25, 0.3) is 5.24 Å². The molecule has 0 radical (unpaired) electrons. The van der Waals surface area contributed by atoms with Gasteiger partial charge in [-0.05, 0) is 23.8 Å². The fourth-order valence-corrected chi connectivity index (χ4v) is 0.988. The zero-order chi connectivity index (χ0) is 14.0. The summed E-state index contributed by atoms with van der Waals surface area (Å²) in [7, 11) is 0. The van der Waals surface area contributed by atoms with Crippen LogP contribution in [0.15, 0.2) is 36.7 Å². The third kappa shape index (κ3) is 7.21. The average molecular weight is 278 g/mol. The molecule has 0 fully saturated rings. The molecule has 1 aliphatic rings. The number of rotatable bonds is 4. The molecule has 18 heavy (non-hydrogen) atoms. The largest absolute Gasteiger partial charge is 0.394 e. The summed E-state index contributed by atoms with van der Waals surface area (Å²) in [4.78, 5) is 10.2. The highest BCUT2D eigenvalue weighted by molar-refractivity contribution is 6.64. The summed E-state index contributed by atoms with van der Waals surface area (Å²) in [6, 6.07) is 0. The lowest BCUT2D eigenvalue weighted by atomic mass is 10.1. The molecular formula is C11H16ClNO5. The molecule has 0 amide bonds. The Morgan fingerprint density at radius 3 is 2.00 bits per heavy atom. The fourth-order valence-electron chi connectivity index (χ4n) is 0.859. The summed E-state index contributed by atoms with van der Waals surface area (Å²) < 4.78 is 0. The molecule has 0 aliphatic carbocycles. The number of aliphatic hydroxyl groups is 4. The van der Waals surface area contributed by atoms with Gasteiger partial charge in [0.2, 0.25) is 0 Å². The summed E-state index contributed by atoms with van der Waals surface area (Å²) in [5, 5.41) is 36.2. The van der Waals surface area contributed by atoms with E-state index in [-0.39, 0.29) is 0 Å². The third-order valence-corrected chi connectivity index (χ3v) is 2.08. The summed E-state index contributed by atoms with van der Waals surface area (Å²) in [6.07, 6.45) is 6.41. The van der Waals surface area contributed by atoms with Crippen LogP contribution in [-0.2, 0) is 4.79 Å². The Morgan fingerprint density at radius 2 is 1.61 bits per heavy atom. The van der Waals surface area contributed by atoms with Crippen molar-refractivity contribution in [3.8, 4) is 0 Å². The van der Waals surface area contributed by atoms with Crippen molar-refractivity contribution in [1.29, 1.82) is 0 Å². The Bertz CT molecular complexity index is 315. The van der Waals surface area contributed by atoms with Crippen LogP contribution < -0.4 is 5.32 Å². The van der Waals surface area contributed by atoms with E-state index in [2.05, 4.69) is 5.32 Å². The second-order valence-electron chi connectivity index (χ2n) is 3.26. The molecule has 5 N–H and O–H groups in total. The molecule has 0 aromatic rings. The van der Waals surface area contributed by atoms with Crippen molar-refractivity contribution >= 4 is 16.8 Å². The number of allylic oxidation sites excluding steroid dienone is 4. The van der Waals surface area contributed by atoms with Crippen LogP contribution in [0.3, 0.4) is 0 Å². The monoisotopic (exact) mass is 277 g/mol. The van der Waals surface area contributed by atoms with Crippen LogP contribution in [0.1, 0.15) is 0 Å². The van der Waals surface area contributed by atoms with Crippen molar-refractivity contribution in [2.45, 2.75) is 18.3 Å². The molecule has 7 heteroatoms. The zero-order valence-corrected chi connectivity index (χ0v) is 10.2. The maximum absolute atomic E-state index is 10.2. The minimum atomic E-state index is -1.86. The molecule has 0 spiro atoms. The number of carbonyl (C=O) groups is 1. The highest BCUT2D eigenvalue weighted by Gasteiger charge is 2.28. The van der Waals surface area contributed by atoms with Gasteiger partial charge >= 0.3 is 0 Å². The van der Waals surface area contributed by atoms with Crippen molar-refractivity contribution in [3.63, 3.8) is 0 Å². The number of aliphatic hydroxyl groups excluding tert-OH is 4. The van der Waals surface area contributed by atoms with Crippen molar-refractivity contribution in [3.05, 3.63) is 36.7 Å². The maximum Gasteiger partial charge on any atom is 0.253 e. The smallest absolute Gasteiger partial charge is 0.253 e. The van der Waals surface area contributed by atoms with Crippen molar-refractivity contribution in [1.82, 2.24) is 5.32 Å². The van der Waals surface area contributed by atoms with E-state index >= 15 is 0 Å². The van der Waals surface area contributed by atoms with Crippen LogP contribution in [0.2, 0.25) is 0 Å². The van der Waals surface area contributed by atoms with Crippen LogP contribution in [0.5, 0.6) is 0 Å². The third-order valence-electron chi connectivity index (χ3n) is 1.86. The minimum Gasteiger partial charge on any atom is -0.394 e. The molecule has 0 aromatic carbocycles. The highest BCUT2D eigenvalue weighted by atomic mass is 35.5. The van der Waals surface area contributed by atoms with Gasteiger partial charge < -0.3 is 25.7 Å². The van der Waals surface area contributed by atoms with Gasteiger partial charge in [0.1, 0.15) is 12.2 Å². The van der Waals surface area contributed by atoms with Gasteiger partial charge in [-0.25, -0.2) is 0 Å². The van der Waals surface area contributed by atoms with E-state index in [1.165, 1.54) is 0 Å². The Morgan fingerprint density at radius 1 is 1.11 bits per heavy atom. The lowest BCUT2D eigenvalue weighted by Gasteiger charge is -2.17. The molecular weight excluding hydrogens is 262 g/mol. The van der Waals surface area contributed by atoms with E-state index in [9.17, 15) is 4.79 Å². The molecule has 6 nitrogen and oxygen atoms in total. The van der Waals surface area contributed by atoms with Crippen LogP contribution in [0.4, 0.5) is 0 Å². The van der Waals surface area contributed by atoms with Crippen LogP contribution in [0.25, 0.3) is 0 Å². The Kier molecular flexibility index (Phi) is 9.17. The van der Waals surface area contributed by atoms with Crippen LogP contribution >= 0.6 is 11.6 Å². The molecule has 0 saturated carbocycles. The van der Waals surface area contributed by atoms with Gasteiger partial charge in [-0.3, -0.25) is 4.79 Å². The lowest BCUT2D eigenvalue weighted by Crippen LogP contribution is -2.42. The SMILES string of the molecule is C1=CC=CNC=C1.O=C(Cl)C(O)C(O)C(O)CO. The quantitative estimate of drug-likeness (QED) is 0.422. The van der Waals surface area contributed by atoms with E-state index in [0.717, 1.165) is 0 Å². The molecule has 0 bridgehead atoms. The van der Waals surface area contributed by atoms with E-state index < -0.39 is 30.2 Å². The second-order valence-corrected chi connectivity index (χ2v) is 3.63. The fraction of sp³-hybridized carbons (Fsp3) is 0.364. The van der Waals surface area contributed by atoms with Crippen molar-refractivity contribution < 1.29 is 25.2 Å². The number of carbonyl (C=O) groups excluding carboxylic acids is 1. The molecule has 102 valence electrons. The van der Waals surface area contributed by atoms with Gasteiger partial charge in [-0.2, -0.15) is 0 Å². The summed E-state index contributed by atoms with van der Waals surface area (Å²) in [5.41, 5.74) is 0. The first-order valence-corrected chi connectivity index (χ1v) is 5.47. The lowest BCUT2D eigenvalue weighted by molar-refractivity contribution is -0.132. The van der Waals surface area contributed by atoms with Crippen LogP contribution in [0, 0.1) is 0 Å². The van der Waals surface area contributed by atoms with Gasteiger partial charge in [0, 0.05) is 12.4 Å². The first kappa shape index (κ1) is 16.8. The second kappa shape index (κ2) is 9.81. The van der Waals surface area contributed by atoms with Gasteiger partial charge in [-0.1, -0.05) is 12.2 Å². The normalized spacial score (nSPS) is 17.8. The van der Waals surface area contributed by atoms with Gasteiger partial charge in [0.15, 0.2) is 6.10 Å². The zero-order valence-electron chi connectivity index (χ0n) is 9.48. The molecule has 1 aliphatic heterocycles. The summed E-state index contributed by atoms with van der Waals surface area (Å²) in [5.74, 6) is 0. The number of nitrogens with one attached hydrogen (secondary N) is 1. The van der Waals surface area contributed by atoms with Crippen molar-refractivity contribution in [2.24, 2.45) is 0 Å².